The fraction of sp³-hybridized carbons (Fsp3) is 0.800. The number of ether oxygens (including phenoxy) is 1. The van der Waals surface area contributed by atoms with E-state index in [2.05, 4.69) is 26.1 Å². The van der Waals surface area contributed by atoms with Gasteiger partial charge in [0, 0.05) is 6.08 Å². The minimum Gasteiger partial charge on any atom is -0.448 e. The number of unbranched alkanes of at least 4 members (excludes halogenated alkanes) is 8. The first-order valence-corrected chi connectivity index (χ1v) is 7.73. The number of thiol groups is 1. The maximum atomic E-state index is 10.9. The van der Waals surface area contributed by atoms with Crippen molar-refractivity contribution < 1.29 is 9.53 Å². The van der Waals surface area contributed by atoms with Gasteiger partial charge in [-0.15, -0.1) is 12.6 Å². The summed E-state index contributed by atoms with van der Waals surface area (Å²) in [7, 11) is 0. The Hall–Kier alpha value is -0.440. The fourth-order valence-electron chi connectivity index (χ4n) is 1.87. The Morgan fingerprint density at radius 2 is 1.61 bits per heavy atom. The van der Waals surface area contributed by atoms with E-state index in [4.69, 9.17) is 4.74 Å². The second-order valence-electron chi connectivity index (χ2n) is 4.71. The molecule has 1 unspecified atom stereocenters. The van der Waals surface area contributed by atoms with E-state index in [0.717, 1.165) is 12.8 Å². The van der Waals surface area contributed by atoms with Crippen molar-refractivity contribution in [1.82, 2.24) is 0 Å². The molecule has 0 bridgehead atoms. The fourth-order valence-corrected chi connectivity index (χ4v) is 2.16. The minimum atomic E-state index is -0.383. The molecule has 0 aromatic carbocycles. The molecular formula is C15H28O2S. The summed E-state index contributed by atoms with van der Waals surface area (Å²) in [5.41, 5.74) is -0.278. The van der Waals surface area contributed by atoms with E-state index in [1.54, 1.807) is 0 Å². The summed E-state index contributed by atoms with van der Waals surface area (Å²) in [4.78, 5) is 10.9. The monoisotopic (exact) mass is 272 g/mol. The van der Waals surface area contributed by atoms with Crippen LogP contribution in [0.5, 0.6) is 0 Å². The van der Waals surface area contributed by atoms with Crippen LogP contribution in [0.1, 0.15) is 71.1 Å². The lowest BCUT2D eigenvalue weighted by Gasteiger charge is -2.10. The Morgan fingerprint density at radius 1 is 1.11 bits per heavy atom. The average Bonchev–Trinajstić information content (AvgIpc) is 2.36. The van der Waals surface area contributed by atoms with Crippen molar-refractivity contribution in [2.45, 2.75) is 76.6 Å². The van der Waals surface area contributed by atoms with Gasteiger partial charge in [0.15, 0.2) is 0 Å². The highest BCUT2D eigenvalue weighted by atomic mass is 32.1. The number of carbonyl (C=O) groups is 1. The molecule has 0 aliphatic carbocycles. The normalized spacial score (nSPS) is 12.1. The van der Waals surface area contributed by atoms with Crippen LogP contribution < -0.4 is 0 Å². The van der Waals surface area contributed by atoms with Crippen molar-refractivity contribution in [2.75, 3.05) is 0 Å². The molecule has 0 aromatic heterocycles. The van der Waals surface area contributed by atoms with Crippen LogP contribution in [0.15, 0.2) is 12.7 Å². The number of carbonyl (C=O) groups excluding carboxylic acids is 1. The van der Waals surface area contributed by atoms with E-state index < -0.39 is 0 Å². The summed E-state index contributed by atoms with van der Waals surface area (Å²) in [6.07, 6.45) is 13.7. The molecule has 0 fully saturated rings. The van der Waals surface area contributed by atoms with E-state index in [1.165, 1.54) is 57.4 Å². The van der Waals surface area contributed by atoms with Crippen molar-refractivity contribution >= 4 is 18.6 Å². The van der Waals surface area contributed by atoms with Gasteiger partial charge in [-0.2, -0.15) is 0 Å². The van der Waals surface area contributed by atoms with E-state index in [1.807, 2.05) is 0 Å². The quantitative estimate of drug-likeness (QED) is 0.180. The van der Waals surface area contributed by atoms with E-state index in [0.29, 0.717) is 0 Å². The number of hydrogen-bond acceptors (Lipinski definition) is 3. The summed E-state index contributed by atoms with van der Waals surface area (Å²) >= 11 is 4.21. The standard InChI is InChI=1S/C15H28O2S/c1-3-5-6-7-8-9-10-11-12-13-15(18)17-14(16)4-2/h4,15,18H,2-3,5-13H2,1H3. The Morgan fingerprint density at radius 3 is 2.11 bits per heavy atom. The highest BCUT2D eigenvalue weighted by Gasteiger charge is 2.06. The molecule has 0 spiro atoms. The zero-order valence-corrected chi connectivity index (χ0v) is 12.6. The zero-order valence-electron chi connectivity index (χ0n) is 11.7. The van der Waals surface area contributed by atoms with Crippen LogP contribution in [0.4, 0.5) is 0 Å². The molecule has 0 aliphatic rings. The molecule has 106 valence electrons. The van der Waals surface area contributed by atoms with Crippen molar-refractivity contribution in [2.24, 2.45) is 0 Å². The van der Waals surface area contributed by atoms with Gasteiger partial charge in [0.2, 0.25) is 0 Å². The third kappa shape index (κ3) is 12.0. The molecule has 0 amide bonds. The van der Waals surface area contributed by atoms with Crippen molar-refractivity contribution in [3.63, 3.8) is 0 Å². The highest BCUT2D eigenvalue weighted by molar-refractivity contribution is 7.80. The first-order valence-electron chi connectivity index (χ1n) is 7.21. The van der Waals surface area contributed by atoms with Crippen molar-refractivity contribution in [3.05, 3.63) is 12.7 Å². The van der Waals surface area contributed by atoms with Gasteiger partial charge < -0.3 is 4.74 Å². The molecule has 0 aromatic rings. The van der Waals surface area contributed by atoms with Crippen molar-refractivity contribution in [1.29, 1.82) is 0 Å². The zero-order chi connectivity index (χ0) is 13.6. The van der Waals surface area contributed by atoms with Crippen LogP contribution in [0, 0.1) is 0 Å². The highest BCUT2D eigenvalue weighted by Crippen LogP contribution is 2.13. The lowest BCUT2D eigenvalue weighted by atomic mass is 10.1. The third-order valence-electron chi connectivity index (χ3n) is 2.97. The Labute approximate surface area is 118 Å². The van der Waals surface area contributed by atoms with Crippen LogP contribution >= 0.6 is 12.6 Å². The van der Waals surface area contributed by atoms with Gasteiger partial charge in [0.25, 0.3) is 0 Å². The van der Waals surface area contributed by atoms with Crippen LogP contribution in [-0.2, 0) is 9.53 Å². The first kappa shape index (κ1) is 17.6. The number of hydrogen-bond donors (Lipinski definition) is 1. The van der Waals surface area contributed by atoms with E-state index in [-0.39, 0.29) is 11.4 Å². The maximum Gasteiger partial charge on any atom is 0.331 e. The van der Waals surface area contributed by atoms with Crippen LogP contribution in [0.2, 0.25) is 0 Å². The first-order chi connectivity index (χ1) is 8.70. The molecule has 0 saturated carbocycles. The third-order valence-corrected chi connectivity index (χ3v) is 3.34. The minimum absolute atomic E-state index is 0.278. The SMILES string of the molecule is C=CC(=O)OC(S)CCCCCCCCCCC. The van der Waals surface area contributed by atoms with Gasteiger partial charge in [0.1, 0.15) is 5.44 Å². The summed E-state index contributed by atoms with van der Waals surface area (Å²) in [5.74, 6) is -0.383. The molecule has 0 aliphatic heterocycles. The van der Waals surface area contributed by atoms with E-state index >= 15 is 0 Å². The smallest absolute Gasteiger partial charge is 0.331 e. The molecule has 0 radical (unpaired) electrons. The molecule has 0 saturated heterocycles. The number of esters is 1. The van der Waals surface area contributed by atoms with Crippen LogP contribution in [0.25, 0.3) is 0 Å². The molecule has 0 N–H and O–H groups in total. The van der Waals surface area contributed by atoms with Crippen LogP contribution in [-0.4, -0.2) is 11.4 Å². The topological polar surface area (TPSA) is 26.3 Å². The Kier molecular flexibility index (Phi) is 12.7. The van der Waals surface area contributed by atoms with Gasteiger partial charge in [0.05, 0.1) is 0 Å². The summed E-state index contributed by atoms with van der Waals surface area (Å²) in [6, 6.07) is 0. The van der Waals surface area contributed by atoms with Gasteiger partial charge in [-0.1, -0.05) is 64.9 Å². The number of rotatable bonds is 12. The summed E-state index contributed by atoms with van der Waals surface area (Å²) in [6.45, 7) is 5.60. The lowest BCUT2D eigenvalue weighted by Crippen LogP contribution is -2.10. The van der Waals surface area contributed by atoms with Gasteiger partial charge in [-0.05, 0) is 12.8 Å². The average molecular weight is 272 g/mol. The molecule has 3 heteroatoms. The van der Waals surface area contributed by atoms with Crippen molar-refractivity contribution in [3.8, 4) is 0 Å². The van der Waals surface area contributed by atoms with Gasteiger partial charge in [-0.25, -0.2) is 4.79 Å². The second kappa shape index (κ2) is 13.0. The second-order valence-corrected chi connectivity index (χ2v) is 5.29. The lowest BCUT2D eigenvalue weighted by molar-refractivity contribution is -0.139. The summed E-state index contributed by atoms with van der Waals surface area (Å²) in [5, 5.41) is 0. The molecular weight excluding hydrogens is 244 g/mol. The Bertz CT molecular complexity index is 217. The molecule has 2 nitrogen and oxygen atoms in total. The molecule has 0 heterocycles. The molecule has 0 rings (SSSR count). The maximum absolute atomic E-state index is 10.9. The Balaban J connectivity index is 3.19. The predicted molar refractivity (Wildman–Crippen MR) is 80.9 cm³/mol. The van der Waals surface area contributed by atoms with Gasteiger partial charge >= 0.3 is 5.97 Å². The molecule has 18 heavy (non-hydrogen) atoms. The van der Waals surface area contributed by atoms with E-state index in [9.17, 15) is 4.79 Å². The van der Waals surface area contributed by atoms with Gasteiger partial charge in [-0.3, -0.25) is 0 Å². The predicted octanol–water partition coefficient (Wildman–Crippen LogP) is 4.89. The largest absolute Gasteiger partial charge is 0.448 e. The van der Waals surface area contributed by atoms with Crippen LogP contribution in [0.3, 0.4) is 0 Å². The molecule has 1 atom stereocenters. The summed E-state index contributed by atoms with van der Waals surface area (Å²) < 4.78 is 4.98.